The molecule has 100 valence electrons. The molecule has 2 heterocycles. The predicted molar refractivity (Wildman–Crippen MR) is 77.2 cm³/mol. The van der Waals surface area contributed by atoms with Gasteiger partial charge in [-0.2, -0.15) is 5.10 Å². The number of nitrogen functional groups attached to an aromatic ring is 1. The number of pyridine rings is 1. The Morgan fingerprint density at radius 3 is 2.85 bits per heavy atom. The minimum absolute atomic E-state index is 0.129. The molecule has 0 radical (unpaired) electrons. The van der Waals surface area contributed by atoms with E-state index in [0.29, 0.717) is 23.4 Å². The summed E-state index contributed by atoms with van der Waals surface area (Å²) in [6.45, 7) is 0.305. The highest BCUT2D eigenvalue weighted by molar-refractivity contribution is 5.80. The molecule has 0 aliphatic rings. The van der Waals surface area contributed by atoms with E-state index >= 15 is 0 Å². The molecular weight excluding hydrogens is 254 g/mol. The smallest absolute Gasteiger partial charge is 0.274 e. The fourth-order valence-electron chi connectivity index (χ4n) is 2.04. The number of benzene rings is 1. The van der Waals surface area contributed by atoms with Gasteiger partial charge < -0.3 is 5.43 Å². The highest BCUT2D eigenvalue weighted by Crippen LogP contribution is 2.08. The average Bonchev–Trinajstić information content (AvgIpc) is 2.50. The zero-order valence-corrected chi connectivity index (χ0v) is 10.7. The van der Waals surface area contributed by atoms with Crippen LogP contribution >= 0.6 is 0 Å². The van der Waals surface area contributed by atoms with E-state index in [1.54, 1.807) is 18.3 Å². The highest BCUT2D eigenvalue weighted by atomic mass is 16.1. The van der Waals surface area contributed by atoms with Crippen LogP contribution in [0.5, 0.6) is 0 Å². The van der Waals surface area contributed by atoms with Crippen molar-refractivity contribution in [1.82, 2.24) is 14.8 Å². The van der Waals surface area contributed by atoms with E-state index in [0.717, 1.165) is 5.39 Å². The maximum Gasteiger partial charge on any atom is 0.274 e. The van der Waals surface area contributed by atoms with Crippen molar-refractivity contribution in [3.05, 3.63) is 64.7 Å². The number of anilines is 1. The summed E-state index contributed by atoms with van der Waals surface area (Å²) >= 11 is 0. The topological polar surface area (TPSA) is 85.8 Å². The van der Waals surface area contributed by atoms with Gasteiger partial charge in [-0.25, -0.2) is 15.5 Å². The Balaban J connectivity index is 2.02. The Kier molecular flexibility index (Phi) is 3.14. The molecule has 3 rings (SSSR count). The fraction of sp³-hybridized carbons (Fsp3) is 0.0714. The predicted octanol–water partition coefficient (Wildman–Crippen LogP) is 1.13. The van der Waals surface area contributed by atoms with Crippen LogP contribution in [0.25, 0.3) is 10.8 Å². The molecule has 0 fully saturated rings. The first-order valence-corrected chi connectivity index (χ1v) is 6.15. The lowest BCUT2D eigenvalue weighted by atomic mass is 10.2. The normalized spacial score (nSPS) is 10.7. The van der Waals surface area contributed by atoms with Gasteiger partial charge in [-0.3, -0.25) is 4.79 Å². The van der Waals surface area contributed by atoms with Gasteiger partial charge in [0.1, 0.15) is 5.82 Å². The van der Waals surface area contributed by atoms with Crippen LogP contribution in [0.15, 0.2) is 53.5 Å². The van der Waals surface area contributed by atoms with Crippen LogP contribution in [-0.4, -0.2) is 14.8 Å². The highest BCUT2D eigenvalue weighted by Gasteiger charge is 2.05. The molecule has 0 aliphatic heterocycles. The second-order valence-electron chi connectivity index (χ2n) is 4.35. The van der Waals surface area contributed by atoms with Gasteiger partial charge in [0, 0.05) is 5.39 Å². The number of nitrogens with one attached hydrogen (secondary N) is 1. The third-order valence-corrected chi connectivity index (χ3v) is 3.03. The molecule has 6 nitrogen and oxygen atoms in total. The first kappa shape index (κ1) is 12.3. The first-order valence-electron chi connectivity index (χ1n) is 6.15. The van der Waals surface area contributed by atoms with Gasteiger partial charge in [-0.15, -0.1) is 0 Å². The summed E-state index contributed by atoms with van der Waals surface area (Å²) in [7, 11) is 0. The number of aromatic nitrogens is 3. The van der Waals surface area contributed by atoms with Gasteiger partial charge in [0.15, 0.2) is 0 Å². The molecule has 0 spiro atoms. The van der Waals surface area contributed by atoms with Crippen LogP contribution in [0.4, 0.5) is 5.82 Å². The van der Waals surface area contributed by atoms with Crippen LogP contribution in [-0.2, 0) is 6.54 Å². The minimum Gasteiger partial charge on any atom is -0.308 e. The van der Waals surface area contributed by atoms with Crippen molar-refractivity contribution in [3.8, 4) is 0 Å². The lowest BCUT2D eigenvalue weighted by molar-refractivity contribution is 0.636. The van der Waals surface area contributed by atoms with E-state index in [2.05, 4.69) is 15.5 Å². The molecule has 0 saturated heterocycles. The maximum atomic E-state index is 12.3. The molecule has 0 bridgehead atoms. The lowest BCUT2D eigenvalue weighted by Gasteiger charge is -2.06. The summed E-state index contributed by atoms with van der Waals surface area (Å²) in [5.41, 5.74) is 3.06. The Bertz CT molecular complexity index is 812. The molecule has 0 unspecified atom stereocenters. The summed E-state index contributed by atoms with van der Waals surface area (Å²) in [5.74, 6) is 5.87. The second-order valence-corrected chi connectivity index (χ2v) is 4.35. The summed E-state index contributed by atoms with van der Waals surface area (Å²) in [5, 5.41) is 5.65. The van der Waals surface area contributed by atoms with Crippen LogP contribution in [0.1, 0.15) is 5.69 Å². The van der Waals surface area contributed by atoms with Gasteiger partial charge in [-0.1, -0.05) is 24.3 Å². The summed E-state index contributed by atoms with van der Waals surface area (Å²) in [4.78, 5) is 16.6. The lowest BCUT2D eigenvalue weighted by Crippen LogP contribution is -2.23. The molecule has 0 atom stereocenters. The van der Waals surface area contributed by atoms with Gasteiger partial charge in [0.25, 0.3) is 5.56 Å². The Morgan fingerprint density at radius 2 is 2.00 bits per heavy atom. The summed E-state index contributed by atoms with van der Waals surface area (Å²) in [6, 6.07) is 12.8. The van der Waals surface area contributed by atoms with Crippen molar-refractivity contribution >= 4 is 16.6 Å². The zero-order chi connectivity index (χ0) is 13.9. The quantitative estimate of drug-likeness (QED) is 0.548. The van der Waals surface area contributed by atoms with Crippen molar-refractivity contribution in [3.63, 3.8) is 0 Å². The molecule has 6 heteroatoms. The summed E-state index contributed by atoms with van der Waals surface area (Å²) in [6.07, 6.45) is 1.68. The molecule has 1 aromatic carbocycles. The standard InChI is InChI=1S/C14H13N5O/c15-18-13-7-3-5-11(17-13)9-19-14(20)12-6-2-1-4-10(12)8-16-19/h1-8H,9,15H2,(H,17,18). The number of fused-ring (bicyclic) bond motifs is 1. The fourth-order valence-corrected chi connectivity index (χ4v) is 2.04. The third kappa shape index (κ3) is 2.24. The van der Waals surface area contributed by atoms with Crippen molar-refractivity contribution in [2.24, 2.45) is 5.84 Å². The Labute approximate surface area is 114 Å². The Hall–Kier alpha value is -2.73. The van der Waals surface area contributed by atoms with Crippen molar-refractivity contribution in [2.75, 3.05) is 5.43 Å². The minimum atomic E-state index is -0.129. The monoisotopic (exact) mass is 267 g/mol. The van der Waals surface area contributed by atoms with Gasteiger partial charge in [-0.05, 0) is 18.2 Å². The number of rotatable bonds is 3. The number of nitrogens with two attached hydrogens (primary N) is 1. The van der Waals surface area contributed by atoms with Crippen LogP contribution in [0, 0.1) is 0 Å². The van der Waals surface area contributed by atoms with Crippen molar-refractivity contribution in [2.45, 2.75) is 6.54 Å². The number of hydrogen-bond donors (Lipinski definition) is 2. The van der Waals surface area contributed by atoms with E-state index in [9.17, 15) is 4.79 Å². The zero-order valence-electron chi connectivity index (χ0n) is 10.7. The average molecular weight is 267 g/mol. The first-order chi connectivity index (χ1) is 9.78. The second kappa shape index (κ2) is 5.10. The van der Waals surface area contributed by atoms with E-state index < -0.39 is 0 Å². The molecule has 0 aliphatic carbocycles. The van der Waals surface area contributed by atoms with Gasteiger partial charge in [0.05, 0.1) is 23.8 Å². The van der Waals surface area contributed by atoms with E-state index in [-0.39, 0.29) is 5.56 Å². The van der Waals surface area contributed by atoms with Crippen LogP contribution in [0.2, 0.25) is 0 Å². The van der Waals surface area contributed by atoms with E-state index in [1.807, 2.05) is 30.3 Å². The van der Waals surface area contributed by atoms with Crippen molar-refractivity contribution < 1.29 is 0 Å². The molecule has 3 N–H and O–H groups in total. The SMILES string of the molecule is NNc1cccc(Cn2ncc3ccccc3c2=O)n1. The Morgan fingerprint density at radius 1 is 1.15 bits per heavy atom. The molecule has 2 aromatic heterocycles. The van der Waals surface area contributed by atoms with Crippen LogP contribution < -0.4 is 16.8 Å². The van der Waals surface area contributed by atoms with Gasteiger partial charge >= 0.3 is 0 Å². The van der Waals surface area contributed by atoms with Gasteiger partial charge in [0.2, 0.25) is 0 Å². The maximum absolute atomic E-state index is 12.3. The molecule has 3 aromatic rings. The van der Waals surface area contributed by atoms with E-state index in [4.69, 9.17) is 5.84 Å². The number of hydrazine groups is 1. The molecule has 20 heavy (non-hydrogen) atoms. The van der Waals surface area contributed by atoms with Crippen molar-refractivity contribution in [1.29, 1.82) is 0 Å². The number of nitrogens with zero attached hydrogens (tertiary/aromatic N) is 3. The number of hydrogen-bond acceptors (Lipinski definition) is 5. The largest absolute Gasteiger partial charge is 0.308 e. The summed E-state index contributed by atoms with van der Waals surface area (Å²) < 4.78 is 1.39. The van der Waals surface area contributed by atoms with Crippen LogP contribution in [0.3, 0.4) is 0 Å². The van der Waals surface area contributed by atoms with E-state index in [1.165, 1.54) is 4.68 Å². The molecule has 0 saturated carbocycles. The third-order valence-electron chi connectivity index (χ3n) is 3.03. The molecular formula is C14H13N5O. The molecule has 0 amide bonds.